The number of ether oxygens (including phenoxy) is 1. The van der Waals surface area contributed by atoms with E-state index in [0.717, 1.165) is 22.6 Å². The Morgan fingerprint density at radius 3 is 2.50 bits per heavy atom. The van der Waals surface area contributed by atoms with E-state index in [4.69, 9.17) is 4.74 Å². The quantitative estimate of drug-likeness (QED) is 0.760. The van der Waals surface area contributed by atoms with Crippen molar-refractivity contribution in [3.05, 3.63) is 59.9 Å². The zero-order valence-electron chi connectivity index (χ0n) is 15.7. The van der Waals surface area contributed by atoms with E-state index < -0.39 is 0 Å². The third-order valence-corrected chi connectivity index (χ3v) is 3.94. The van der Waals surface area contributed by atoms with Crippen LogP contribution in [0.3, 0.4) is 0 Å². The minimum atomic E-state index is -0.272. The average molecular weight is 351 g/mol. The number of nitrogens with one attached hydrogen (secondary N) is 1. The minimum Gasteiger partial charge on any atom is -0.486 e. The fourth-order valence-electron chi connectivity index (χ4n) is 2.80. The number of hydrogen-bond donors (Lipinski definition) is 1. The molecule has 0 atom stereocenters. The fraction of sp³-hybridized carbons (Fsp3) is 0.333. The molecule has 0 saturated heterocycles. The zero-order chi connectivity index (χ0) is 18.7. The van der Waals surface area contributed by atoms with Crippen molar-refractivity contribution in [2.24, 2.45) is 0 Å². The highest BCUT2D eigenvalue weighted by Gasteiger charge is 2.18. The van der Waals surface area contributed by atoms with E-state index in [0.29, 0.717) is 6.61 Å². The van der Waals surface area contributed by atoms with Crippen LogP contribution in [-0.2, 0) is 17.9 Å². The molecular weight excluding hydrogens is 326 g/mol. The lowest BCUT2D eigenvalue weighted by Crippen LogP contribution is -2.42. The molecule has 0 bridgehead atoms. The van der Waals surface area contributed by atoms with Crippen LogP contribution in [0.25, 0.3) is 11.0 Å². The van der Waals surface area contributed by atoms with Crippen LogP contribution in [0.4, 0.5) is 0 Å². The topological polar surface area (TPSA) is 56.2 Å². The van der Waals surface area contributed by atoms with Gasteiger partial charge in [0.25, 0.3) is 0 Å². The maximum atomic E-state index is 12.4. The van der Waals surface area contributed by atoms with Crippen molar-refractivity contribution in [1.82, 2.24) is 14.9 Å². The molecule has 5 heteroatoms. The molecule has 1 N–H and O–H groups in total. The van der Waals surface area contributed by atoms with E-state index in [1.54, 1.807) is 0 Å². The molecule has 0 radical (unpaired) electrons. The number of carbonyl (C=O) groups is 1. The molecule has 26 heavy (non-hydrogen) atoms. The molecule has 3 aromatic rings. The van der Waals surface area contributed by atoms with Crippen LogP contribution >= 0.6 is 0 Å². The predicted molar refractivity (Wildman–Crippen MR) is 103 cm³/mol. The first kappa shape index (κ1) is 18.0. The number of amides is 1. The molecule has 0 saturated carbocycles. The van der Waals surface area contributed by atoms with Crippen molar-refractivity contribution < 1.29 is 9.53 Å². The molecule has 136 valence electrons. The number of nitrogens with zero attached hydrogens (tertiary/aromatic N) is 2. The van der Waals surface area contributed by atoms with Crippen LogP contribution in [0, 0.1) is 6.92 Å². The molecule has 3 rings (SSSR count). The maximum absolute atomic E-state index is 12.4. The predicted octanol–water partition coefficient (Wildman–Crippen LogP) is 3.84. The van der Waals surface area contributed by atoms with Gasteiger partial charge in [-0.1, -0.05) is 29.8 Å². The molecule has 0 spiro atoms. The standard InChI is InChI=1S/C21H25N3O2/c1-15-9-11-16(12-10-15)26-14-19-22-17-7-5-6-8-18(17)24(19)13-20(25)23-21(2,3)4/h5-12H,13-14H2,1-4H3,(H,23,25). The van der Waals surface area contributed by atoms with Gasteiger partial charge in [0.15, 0.2) is 0 Å². The first-order valence-electron chi connectivity index (χ1n) is 8.76. The Hall–Kier alpha value is -2.82. The van der Waals surface area contributed by atoms with Crippen molar-refractivity contribution in [3.8, 4) is 5.75 Å². The Morgan fingerprint density at radius 2 is 1.81 bits per heavy atom. The number of aryl methyl sites for hydroxylation is 1. The Kier molecular flexibility index (Phi) is 4.98. The van der Waals surface area contributed by atoms with E-state index in [9.17, 15) is 4.79 Å². The highest BCUT2D eigenvalue weighted by Crippen LogP contribution is 2.19. The molecule has 0 fully saturated rings. The lowest BCUT2D eigenvalue weighted by atomic mass is 10.1. The van der Waals surface area contributed by atoms with E-state index in [1.807, 2.05) is 80.8 Å². The summed E-state index contributed by atoms with van der Waals surface area (Å²) in [5.41, 5.74) is 2.70. The second-order valence-electron chi connectivity index (χ2n) is 7.50. The van der Waals surface area contributed by atoms with Crippen molar-refractivity contribution in [1.29, 1.82) is 0 Å². The van der Waals surface area contributed by atoms with Gasteiger partial charge in [-0.15, -0.1) is 0 Å². The van der Waals surface area contributed by atoms with Crippen molar-refractivity contribution >= 4 is 16.9 Å². The SMILES string of the molecule is Cc1ccc(OCc2nc3ccccc3n2CC(=O)NC(C)(C)C)cc1. The molecule has 0 aliphatic carbocycles. The molecule has 5 nitrogen and oxygen atoms in total. The summed E-state index contributed by atoms with van der Waals surface area (Å²) in [4.78, 5) is 17.1. The second-order valence-corrected chi connectivity index (χ2v) is 7.50. The monoisotopic (exact) mass is 351 g/mol. The molecular formula is C21H25N3O2. The number of fused-ring (bicyclic) bond motifs is 1. The third-order valence-electron chi connectivity index (χ3n) is 3.94. The van der Waals surface area contributed by atoms with Gasteiger partial charge in [0.05, 0.1) is 11.0 Å². The maximum Gasteiger partial charge on any atom is 0.240 e. The summed E-state index contributed by atoms with van der Waals surface area (Å²) in [5, 5.41) is 3.00. The Bertz CT molecular complexity index is 905. The summed E-state index contributed by atoms with van der Waals surface area (Å²) >= 11 is 0. The summed E-state index contributed by atoms with van der Waals surface area (Å²) in [6, 6.07) is 15.7. The van der Waals surface area contributed by atoms with Gasteiger partial charge in [0.1, 0.15) is 24.7 Å². The van der Waals surface area contributed by atoms with Crippen molar-refractivity contribution in [3.63, 3.8) is 0 Å². The minimum absolute atomic E-state index is 0.0442. The summed E-state index contributed by atoms with van der Waals surface area (Å²) < 4.78 is 7.81. The first-order chi connectivity index (χ1) is 12.3. The van der Waals surface area contributed by atoms with E-state index >= 15 is 0 Å². The Morgan fingerprint density at radius 1 is 1.12 bits per heavy atom. The van der Waals surface area contributed by atoms with Gasteiger partial charge in [0, 0.05) is 5.54 Å². The van der Waals surface area contributed by atoms with Gasteiger partial charge >= 0.3 is 0 Å². The summed E-state index contributed by atoms with van der Waals surface area (Å²) in [6.07, 6.45) is 0. The third kappa shape index (κ3) is 4.42. The van der Waals surface area contributed by atoms with Gasteiger partial charge in [-0.05, 0) is 52.0 Å². The number of rotatable bonds is 5. The molecule has 1 heterocycles. The average Bonchev–Trinajstić information content (AvgIpc) is 2.90. The number of imidazole rings is 1. The van der Waals surface area contributed by atoms with Crippen LogP contribution in [-0.4, -0.2) is 21.0 Å². The van der Waals surface area contributed by atoms with E-state index in [-0.39, 0.29) is 18.0 Å². The van der Waals surface area contributed by atoms with E-state index in [2.05, 4.69) is 10.3 Å². The summed E-state index contributed by atoms with van der Waals surface area (Å²) in [7, 11) is 0. The van der Waals surface area contributed by atoms with Gasteiger partial charge < -0.3 is 14.6 Å². The molecule has 0 aliphatic heterocycles. The second kappa shape index (κ2) is 7.20. The van der Waals surface area contributed by atoms with Crippen LogP contribution in [0.2, 0.25) is 0 Å². The van der Waals surface area contributed by atoms with Gasteiger partial charge in [-0.3, -0.25) is 4.79 Å². The van der Waals surface area contributed by atoms with Gasteiger partial charge in [-0.25, -0.2) is 4.98 Å². The lowest BCUT2D eigenvalue weighted by Gasteiger charge is -2.21. The van der Waals surface area contributed by atoms with Crippen LogP contribution in [0.1, 0.15) is 32.2 Å². The van der Waals surface area contributed by atoms with Crippen molar-refractivity contribution in [2.45, 2.75) is 46.4 Å². The zero-order valence-corrected chi connectivity index (χ0v) is 15.7. The molecule has 1 aromatic heterocycles. The highest BCUT2D eigenvalue weighted by molar-refractivity contribution is 5.81. The summed E-state index contributed by atoms with van der Waals surface area (Å²) in [5.74, 6) is 1.47. The van der Waals surface area contributed by atoms with Crippen molar-refractivity contribution in [2.75, 3.05) is 0 Å². The van der Waals surface area contributed by atoms with E-state index in [1.165, 1.54) is 5.56 Å². The number of aromatic nitrogens is 2. The van der Waals surface area contributed by atoms with Crippen LogP contribution in [0.5, 0.6) is 5.75 Å². The fourth-order valence-corrected chi connectivity index (χ4v) is 2.80. The lowest BCUT2D eigenvalue weighted by molar-refractivity contribution is -0.123. The Labute approximate surface area is 154 Å². The number of hydrogen-bond acceptors (Lipinski definition) is 3. The summed E-state index contributed by atoms with van der Waals surface area (Å²) in [6.45, 7) is 8.47. The number of para-hydroxylation sites is 2. The van der Waals surface area contributed by atoms with Crippen LogP contribution < -0.4 is 10.1 Å². The molecule has 0 aliphatic rings. The van der Waals surface area contributed by atoms with Gasteiger partial charge in [-0.2, -0.15) is 0 Å². The smallest absolute Gasteiger partial charge is 0.240 e. The highest BCUT2D eigenvalue weighted by atomic mass is 16.5. The molecule has 0 unspecified atom stereocenters. The largest absolute Gasteiger partial charge is 0.486 e. The number of benzene rings is 2. The first-order valence-corrected chi connectivity index (χ1v) is 8.76. The Balaban J connectivity index is 1.84. The normalized spacial score (nSPS) is 11.5. The number of carbonyl (C=O) groups excluding carboxylic acids is 1. The van der Waals surface area contributed by atoms with Gasteiger partial charge in [0.2, 0.25) is 5.91 Å². The van der Waals surface area contributed by atoms with Crippen LogP contribution in [0.15, 0.2) is 48.5 Å². The molecule has 2 aromatic carbocycles. The molecule has 1 amide bonds.